The molecule has 3 heteroatoms. The van der Waals surface area contributed by atoms with Crippen LogP contribution in [-0.4, -0.2) is 18.8 Å². The van der Waals surface area contributed by atoms with Crippen molar-refractivity contribution in [1.29, 1.82) is 0 Å². The van der Waals surface area contributed by atoms with Crippen molar-refractivity contribution in [2.24, 2.45) is 0 Å². The molecule has 20 heavy (non-hydrogen) atoms. The van der Waals surface area contributed by atoms with Gasteiger partial charge in [0.15, 0.2) is 11.5 Å². The summed E-state index contributed by atoms with van der Waals surface area (Å²) in [7, 11) is 1.63. The van der Waals surface area contributed by atoms with Gasteiger partial charge in [-0.1, -0.05) is 45.6 Å². The van der Waals surface area contributed by atoms with Crippen molar-refractivity contribution in [1.82, 2.24) is 0 Å². The first-order chi connectivity index (χ1) is 9.72. The van der Waals surface area contributed by atoms with Gasteiger partial charge in [0.2, 0.25) is 0 Å². The normalized spacial score (nSPS) is 12.2. The van der Waals surface area contributed by atoms with Crippen molar-refractivity contribution in [3.05, 3.63) is 23.8 Å². The van der Waals surface area contributed by atoms with Gasteiger partial charge in [-0.05, 0) is 30.5 Å². The van der Waals surface area contributed by atoms with Gasteiger partial charge in [0.1, 0.15) is 0 Å². The van der Waals surface area contributed by atoms with Gasteiger partial charge >= 0.3 is 0 Å². The highest BCUT2D eigenvalue weighted by Crippen LogP contribution is 2.31. The Hall–Kier alpha value is -1.22. The lowest BCUT2D eigenvalue weighted by Crippen LogP contribution is -2.02. The van der Waals surface area contributed by atoms with Crippen LogP contribution in [0.3, 0.4) is 0 Å². The van der Waals surface area contributed by atoms with Crippen LogP contribution in [0, 0.1) is 0 Å². The molecule has 1 aromatic carbocycles. The van der Waals surface area contributed by atoms with Gasteiger partial charge in [0.05, 0.1) is 19.8 Å². The molecule has 114 valence electrons. The lowest BCUT2D eigenvalue weighted by atomic mass is 10.0. The van der Waals surface area contributed by atoms with Gasteiger partial charge in [-0.25, -0.2) is 0 Å². The van der Waals surface area contributed by atoms with Crippen LogP contribution in [0.25, 0.3) is 0 Å². The summed E-state index contributed by atoms with van der Waals surface area (Å²) in [6.07, 6.45) is 6.05. The maximum atomic E-state index is 10.0. The Morgan fingerprint density at radius 3 is 2.50 bits per heavy atom. The summed E-state index contributed by atoms with van der Waals surface area (Å²) in [6.45, 7) is 4.98. The molecule has 0 aliphatic rings. The maximum Gasteiger partial charge on any atom is 0.161 e. The zero-order valence-electron chi connectivity index (χ0n) is 13.0. The first-order valence-corrected chi connectivity index (χ1v) is 7.71. The number of hydrogen-bond acceptors (Lipinski definition) is 3. The molecule has 0 heterocycles. The van der Waals surface area contributed by atoms with Gasteiger partial charge < -0.3 is 14.6 Å². The molecule has 3 nitrogen and oxygen atoms in total. The van der Waals surface area contributed by atoms with E-state index in [1.54, 1.807) is 7.11 Å². The van der Waals surface area contributed by atoms with Crippen LogP contribution in [0.1, 0.15) is 64.0 Å². The van der Waals surface area contributed by atoms with E-state index in [-0.39, 0.29) is 0 Å². The Kier molecular flexibility index (Phi) is 8.12. The van der Waals surface area contributed by atoms with Crippen molar-refractivity contribution in [2.75, 3.05) is 13.7 Å². The molecule has 0 aliphatic heterocycles. The Bertz CT molecular complexity index is 376. The Labute approximate surface area is 122 Å². The Morgan fingerprint density at radius 2 is 1.85 bits per heavy atom. The van der Waals surface area contributed by atoms with Crippen molar-refractivity contribution < 1.29 is 14.6 Å². The lowest BCUT2D eigenvalue weighted by molar-refractivity contribution is 0.166. The molecular weight excluding hydrogens is 252 g/mol. The highest BCUT2D eigenvalue weighted by molar-refractivity contribution is 5.43. The predicted octanol–water partition coefficient (Wildman–Crippen LogP) is 4.49. The third kappa shape index (κ3) is 5.41. The second-order valence-electron chi connectivity index (χ2n) is 5.12. The summed E-state index contributed by atoms with van der Waals surface area (Å²) in [5.74, 6) is 1.46. The molecule has 0 aromatic heterocycles. The highest BCUT2D eigenvalue weighted by Gasteiger charge is 2.11. The molecule has 0 saturated carbocycles. The van der Waals surface area contributed by atoms with Crippen LogP contribution in [0.5, 0.6) is 11.5 Å². The predicted molar refractivity (Wildman–Crippen MR) is 82.5 cm³/mol. The summed E-state index contributed by atoms with van der Waals surface area (Å²) in [6, 6.07) is 5.69. The van der Waals surface area contributed by atoms with E-state index in [1.807, 2.05) is 18.2 Å². The molecule has 1 aromatic rings. The molecule has 0 spiro atoms. The minimum atomic E-state index is -0.424. The van der Waals surface area contributed by atoms with Crippen molar-refractivity contribution in [3.8, 4) is 11.5 Å². The Balaban J connectivity index is 2.58. The molecule has 0 bridgehead atoms. The average molecular weight is 280 g/mol. The molecule has 0 aliphatic carbocycles. The van der Waals surface area contributed by atoms with E-state index in [2.05, 4.69) is 13.8 Å². The third-order valence-electron chi connectivity index (χ3n) is 3.39. The number of hydrogen-bond donors (Lipinski definition) is 1. The quantitative estimate of drug-likeness (QED) is 0.642. The van der Waals surface area contributed by atoms with Crippen LogP contribution >= 0.6 is 0 Å². The van der Waals surface area contributed by atoms with Crippen molar-refractivity contribution in [2.45, 2.75) is 58.5 Å². The number of aliphatic hydroxyl groups excluding tert-OH is 1. The van der Waals surface area contributed by atoms with E-state index in [0.29, 0.717) is 12.4 Å². The largest absolute Gasteiger partial charge is 0.493 e. The van der Waals surface area contributed by atoms with Crippen LogP contribution in [-0.2, 0) is 0 Å². The SMILES string of the molecule is CCCCCCOc1ccc(C(O)CCC)cc1OC. The number of benzene rings is 1. The molecule has 1 N–H and O–H groups in total. The average Bonchev–Trinajstić information content (AvgIpc) is 2.47. The molecule has 1 atom stereocenters. The summed E-state index contributed by atoms with van der Waals surface area (Å²) in [5.41, 5.74) is 0.891. The van der Waals surface area contributed by atoms with E-state index in [9.17, 15) is 5.11 Å². The van der Waals surface area contributed by atoms with E-state index in [0.717, 1.165) is 30.6 Å². The fourth-order valence-electron chi connectivity index (χ4n) is 2.16. The van der Waals surface area contributed by atoms with Crippen molar-refractivity contribution >= 4 is 0 Å². The van der Waals surface area contributed by atoms with Crippen LogP contribution in [0.2, 0.25) is 0 Å². The first-order valence-electron chi connectivity index (χ1n) is 7.71. The zero-order chi connectivity index (χ0) is 14.8. The van der Waals surface area contributed by atoms with E-state index in [1.165, 1.54) is 19.3 Å². The van der Waals surface area contributed by atoms with Gasteiger partial charge in [0.25, 0.3) is 0 Å². The molecule has 0 amide bonds. The number of ether oxygens (including phenoxy) is 2. The molecule has 0 fully saturated rings. The standard InChI is InChI=1S/C17H28O3/c1-4-6-7-8-12-20-16-11-10-14(13-17(16)19-3)15(18)9-5-2/h10-11,13,15,18H,4-9,12H2,1-3H3. The highest BCUT2D eigenvalue weighted by atomic mass is 16.5. The van der Waals surface area contributed by atoms with Crippen LogP contribution in [0.4, 0.5) is 0 Å². The topological polar surface area (TPSA) is 38.7 Å². The molecular formula is C17H28O3. The van der Waals surface area contributed by atoms with Gasteiger partial charge in [-0.2, -0.15) is 0 Å². The fourth-order valence-corrected chi connectivity index (χ4v) is 2.16. The van der Waals surface area contributed by atoms with E-state index >= 15 is 0 Å². The number of unbranched alkanes of at least 4 members (excludes halogenated alkanes) is 3. The summed E-state index contributed by atoms with van der Waals surface area (Å²) in [4.78, 5) is 0. The smallest absolute Gasteiger partial charge is 0.161 e. The van der Waals surface area contributed by atoms with Gasteiger partial charge in [0, 0.05) is 0 Å². The van der Waals surface area contributed by atoms with E-state index in [4.69, 9.17) is 9.47 Å². The molecule has 1 rings (SSSR count). The van der Waals surface area contributed by atoms with Gasteiger partial charge in [-0.15, -0.1) is 0 Å². The van der Waals surface area contributed by atoms with Gasteiger partial charge in [-0.3, -0.25) is 0 Å². The summed E-state index contributed by atoms with van der Waals surface area (Å²) in [5, 5.41) is 10.0. The van der Waals surface area contributed by atoms with Crippen LogP contribution < -0.4 is 9.47 Å². The first kappa shape index (κ1) is 16.8. The second kappa shape index (κ2) is 9.65. The Morgan fingerprint density at radius 1 is 1.05 bits per heavy atom. The molecule has 1 unspecified atom stereocenters. The lowest BCUT2D eigenvalue weighted by Gasteiger charge is -2.15. The molecule has 0 saturated heterocycles. The van der Waals surface area contributed by atoms with Crippen LogP contribution in [0.15, 0.2) is 18.2 Å². The summed E-state index contributed by atoms with van der Waals surface area (Å²) < 4.78 is 11.1. The number of methoxy groups -OCH3 is 1. The van der Waals surface area contributed by atoms with Crippen molar-refractivity contribution in [3.63, 3.8) is 0 Å². The van der Waals surface area contributed by atoms with E-state index < -0.39 is 6.10 Å². The fraction of sp³-hybridized carbons (Fsp3) is 0.647. The molecule has 0 radical (unpaired) electrons. The zero-order valence-corrected chi connectivity index (χ0v) is 13.0. The number of aliphatic hydroxyl groups is 1. The third-order valence-corrected chi connectivity index (χ3v) is 3.39. The second-order valence-corrected chi connectivity index (χ2v) is 5.12. The minimum absolute atomic E-state index is 0.424. The number of rotatable bonds is 10. The summed E-state index contributed by atoms with van der Waals surface area (Å²) >= 11 is 0. The maximum absolute atomic E-state index is 10.0. The monoisotopic (exact) mass is 280 g/mol. The minimum Gasteiger partial charge on any atom is -0.493 e.